The van der Waals surface area contributed by atoms with Crippen molar-refractivity contribution in [3.8, 4) is 0 Å². The van der Waals surface area contributed by atoms with E-state index in [1.807, 2.05) is 36.4 Å². The maximum absolute atomic E-state index is 11.7. The van der Waals surface area contributed by atoms with Crippen molar-refractivity contribution in [2.24, 2.45) is 0 Å². The molecule has 92 valence electrons. The van der Waals surface area contributed by atoms with E-state index in [1.54, 1.807) is 24.1 Å². The third-order valence-corrected chi connectivity index (χ3v) is 2.80. The van der Waals surface area contributed by atoms with E-state index in [-0.39, 0.29) is 5.91 Å². The molecule has 1 aromatic carbocycles. The van der Waals surface area contributed by atoms with Crippen LogP contribution >= 0.6 is 11.6 Å². The minimum Gasteiger partial charge on any atom is -0.308 e. The van der Waals surface area contributed by atoms with E-state index in [0.29, 0.717) is 11.7 Å². The molecule has 0 saturated heterocycles. The number of anilines is 1. The molecule has 0 saturated carbocycles. The number of halogens is 1. The lowest BCUT2D eigenvalue weighted by Gasteiger charge is -2.21. The molecule has 1 aromatic heterocycles. The quantitative estimate of drug-likeness (QED) is 0.794. The number of carbonyl (C=O) groups is 1. The lowest BCUT2D eigenvalue weighted by Crippen LogP contribution is -2.27. The number of rotatable bonds is 3. The first-order valence-electron chi connectivity index (χ1n) is 5.60. The molecule has 0 bridgehead atoms. The van der Waals surface area contributed by atoms with E-state index < -0.39 is 0 Å². The summed E-state index contributed by atoms with van der Waals surface area (Å²) in [5, 5.41) is 0.452. The molecular weight excluding hydrogens is 248 g/mol. The Morgan fingerprint density at radius 3 is 2.50 bits per heavy atom. The zero-order valence-corrected chi connectivity index (χ0v) is 10.8. The molecule has 0 spiro atoms. The Bertz CT molecular complexity index is 525. The average molecular weight is 261 g/mol. The normalized spacial score (nSPS) is 10.1. The van der Waals surface area contributed by atoms with Gasteiger partial charge in [0.2, 0.25) is 5.91 Å². The second kappa shape index (κ2) is 5.65. The van der Waals surface area contributed by atoms with Crippen LogP contribution in [-0.2, 0) is 11.3 Å². The van der Waals surface area contributed by atoms with Crippen molar-refractivity contribution >= 4 is 23.2 Å². The van der Waals surface area contributed by atoms with Crippen LogP contribution in [-0.4, -0.2) is 10.9 Å². The highest BCUT2D eigenvalue weighted by atomic mass is 35.5. The van der Waals surface area contributed by atoms with Crippen LogP contribution in [0.1, 0.15) is 12.5 Å². The van der Waals surface area contributed by atoms with Gasteiger partial charge in [-0.3, -0.25) is 4.79 Å². The Balaban J connectivity index is 2.22. The van der Waals surface area contributed by atoms with Crippen molar-refractivity contribution in [1.82, 2.24) is 4.98 Å². The highest BCUT2D eigenvalue weighted by Gasteiger charge is 2.11. The number of hydrogen-bond donors (Lipinski definition) is 0. The van der Waals surface area contributed by atoms with E-state index in [1.165, 1.54) is 0 Å². The van der Waals surface area contributed by atoms with E-state index >= 15 is 0 Å². The number of para-hydroxylation sites is 1. The maximum Gasteiger partial charge on any atom is 0.224 e. The topological polar surface area (TPSA) is 33.2 Å². The fourth-order valence-electron chi connectivity index (χ4n) is 1.67. The van der Waals surface area contributed by atoms with Gasteiger partial charge in [0, 0.05) is 18.8 Å². The van der Waals surface area contributed by atoms with E-state index in [9.17, 15) is 4.79 Å². The second-order valence-corrected chi connectivity index (χ2v) is 4.32. The molecule has 0 atom stereocenters. The summed E-state index contributed by atoms with van der Waals surface area (Å²) in [5.74, 6) is -0.00356. The minimum atomic E-state index is -0.00356. The lowest BCUT2D eigenvalue weighted by atomic mass is 10.2. The Labute approximate surface area is 111 Å². The van der Waals surface area contributed by atoms with E-state index in [2.05, 4.69) is 4.98 Å². The number of carbonyl (C=O) groups excluding carboxylic acids is 1. The van der Waals surface area contributed by atoms with Crippen molar-refractivity contribution in [1.29, 1.82) is 0 Å². The molecule has 18 heavy (non-hydrogen) atoms. The molecule has 2 aromatic rings. The van der Waals surface area contributed by atoms with Crippen LogP contribution in [0.5, 0.6) is 0 Å². The fraction of sp³-hybridized carbons (Fsp3) is 0.143. The van der Waals surface area contributed by atoms with Crippen LogP contribution in [0.2, 0.25) is 5.15 Å². The Morgan fingerprint density at radius 1 is 1.22 bits per heavy atom. The van der Waals surface area contributed by atoms with Crippen molar-refractivity contribution in [2.75, 3.05) is 4.90 Å². The van der Waals surface area contributed by atoms with E-state index in [0.717, 1.165) is 11.3 Å². The summed E-state index contributed by atoms with van der Waals surface area (Å²) < 4.78 is 0. The van der Waals surface area contributed by atoms with Crippen molar-refractivity contribution in [3.05, 3.63) is 59.4 Å². The summed E-state index contributed by atoms with van der Waals surface area (Å²) in [4.78, 5) is 17.4. The molecule has 1 heterocycles. The Kier molecular flexibility index (Phi) is 3.95. The fourth-order valence-corrected chi connectivity index (χ4v) is 1.79. The number of hydrogen-bond acceptors (Lipinski definition) is 2. The molecule has 0 unspecified atom stereocenters. The maximum atomic E-state index is 11.7. The molecule has 0 N–H and O–H groups in total. The summed E-state index contributed by atoms with van der Waals surface area (Å²) in [5.41, 5.74) is 1.82. The molecule has 0 radical (unpaired) electrons. The van der Waals surface area contributed by atoms with Gasteiger partial charge in [-0.1, -0.05) is 35.9 Å². The van der Waals surface area contributed by atoms with Crippen molar-refractivity contribution in [3.63, 3.8) is 0 Å². The van der Waals surface area contributed by atoms with Gasteiger partial charge in [0.25, 0.3) is 0 Å². The first-order chi connectivity index (χ1) is 8.66. The SMILES string of the molecule is CC(=O)N(Cc1ccc(Cl)nc1)c1ccccc1. The van der Waals surface area contributed by atoms with E-state index in [4.69, 9.17) is 11.6 Å². The highest BCUT2D eigenvalue weighted by molar-refractivity contribution is 6.29. The molecule has 0 aliphatic heterocycles. The smallest absolute Gasteiger partial charge is 0.224 e. The molecule has 0 aliphatic carbocycles. The van der Waals surface area contributed by atoms with Gasteiger partial charge < -0.3 is 4.90 Å². The van der Waals surface area contributed by atoms with Crippen LogP contribution in [0.4, 0.5) is 5.69 Å². The standard InChI is InChI=1S/C14H13ClN2O/c1-11(18)17(13-5-3-2-4-6-13)10-12-7-8-14(15)16-9-12/h2-9H,10H2,1H3. The Morgan fingerprint density at radius 2 is 1.94 bits per heavy atom. The minimum absolute atomic E-state index is 0.00356. The van der Waals surface area contributed by atoms with Crippen LogP contribution in [0, 0.1) is 0 Å². The highest BCUT2D eigenvalue weighted by Crippen LogP contribution is 2.17. The summed E-state index contributed by atoms with van der Waals surface area (Å²) in [6.45, 7) is 2.04. The van der Waals surface area contributed by atoms with Gasteiger partial charge in [-0.15, -0.1) is 0 Å². The molecular formula is C14H13ClN2O. The molecule has 0 aliphatic rings. The molecule has 0 fully saturated rings. The summed E-state index contributed by atoms with van der Waals surface area (Å²) >= 11 is 5.74. The summed E-state index contributed by atoms with van der Waals surface area (Å²) in [6.07, 6.45) is 1.68. The largest absolute Gasteiger partial charge is 0.308 e. The molecule has 2 rings (SSSR count). The number of amides is 1. The van der Waals surface area contributed by atoms with Crippen LogP contribution in [0.15, 0.2) is 48.7 Å². The summed E-state index contributed by atoms with van der Waals surface area (Å²) in [7, 11) is 0. The zero-order chi connectivity index (χ0) is 13.0. The summed E-state index contributed by atoms with van der Waals surface area (Å²) in [6, 6.07) is 13.1. The number of aromatic nitrogens is 1. The van der Waals surface area contributed by atoms with Gasteiger partial charge in [0.05, 0.1) is 6.54 Å². The first kappa shape index (κ1) is 12.6. The third-order valence-electron chi connectivity index (χ3n) is 2.58. The van der Waals surface area contributed by atoms with Crippen molar-refractivity contribution < 1.29 is 4.79 Å². The average Bonchev–Trinajstić information content (AvgIpc) is 2.38. The Hall–Kier alpha value is -1.87. The second-order valence-electron chi connectivity index (χ2n) is 3.93. The van der Waals surface area contributed by atoms with Crippen LogP contribution < -0.4 is 4.90 Å². The van der Waals surface area contributed by atoms with Gasteiger partial charge in [-0.05, 0) is 23.8 Å². The third kappa shape index (κ3) is 3.08. The van der Waals surface area contributed by atoms with Crippen LogP contribution in [0.25, 0.3) is 0 Å². The van der Waals surface area contributed by atoms with Crippen LogP contribution in [0.3, 0.4) is 0 Å². The van der Waals surface area contributed by atoms with Gasteiger partial charge >= 0.3 is 0 Å². The first-order valence-corrected chi connectivity index (χ1v) is 5.98. The van der Waals surface area contributed by atoms with Gasteiger partial charge in [0.15, 0.2) is 0 Å². The van der Waals surface area contributed by atoms with Crippen molar-refractivity contribution in [2.45, 2.75) is 13.5 Å². The molecule has 1 amide bonds. The van der Waals surface area contributed by atoms with Gasteiger partial charge in [-0.2, -0.15) is 0 Å². The van der Waals surface area contributed by atoms with Gasteiger partial charge in [0.1, 0.15) is 5.15 Å². The monoisotopic (exact) mass is 260 g/mol. The number of pyridine rings is 1. The number of benzene rings is 1. The number of nitrogens with zero attached hydrogens (tertiary/aromatic N) is 2. The molecule has 3 nitrogen and oxygen atoms in total. The predicted molar refractivity (Wildman–Crippen MR) is 72.6 cm³/mol. The predicted octanol–water partition coefficient (Wildman–Crippen LogP) is 3.29. The zero-order valence-electron chi connectivity index (χ0n) is 10.0. The van der Waals surface area contributed by atoms with Gasteiger partial charge in [-0.25, -0.2) is 4.98 Å². The molecule has 4 heteroatoms. The lowest BCUT2D eigenvalue weighted by molar-refractivity contribution is -0.116.